The number of aromatic nitrogens is 2. The van der Waals surface area contributed by atoms with Gasteiger partial charge in [-0.2, -0.15) is 13.2 Å². The van der Waals surface area contributed by atoms with E-state index in [4.69, 9.17) is 16.6 Å². The molecule has 1 saturated heterocycles. The van der Waals surface area contributed by atoms with E-state index in [2.05, 4.69) is 0 Å². The summed E-state index contributed by atoms with van der Waals surface area (Å²) in [4.78, 5) is 34.9. The fraction of sp³-hybridized carbons (Fsp3) is 0.370. The first-order chi connectivity index (χ1) is 18.0. The van der Waals surface area contributed by atoms with Crippen molar-refractivity contribution >= 4 is 23.5 Å². The Hall–Kier alpha value is -3.37. The van der Waals surface area contributed by atoms with Crippen LogP contribution in [-0.4, -0.2) is 38.6 Å². The molecule has 7 nitrogen and oxygen atoms in total. The number of alkyl halides is 3. The van der Waals surface area contributed by atoms with Crippen LogP contribution < -0.4 is 10.5 Å². The van der Waals surface area contributed by atoms with Gasteiger partial charge in [0, 0.05) is 30.1 Å². The highest BCUT2D eigenvalue weighted by atomic mass is 35.5. The average molecular weight is 547 g/mol. The van der Waals surface area contributed by atoms with E-state index in [0.717, 1.165) is 18.6 Å². The Balaban J connectivity index is 1.48. The highest BCUT2D eigenvalue weighted by molar-refractivity contribution is 6.30. The van der Waals surface area contributed by atoms with Crippen LogP contribution in [0.3, 0.4) is 0 Å². The summed E-state index contributed by atoms with van der Waals surface area (Å²) in [5.41, 5.74) is 0.866. The van der Waals surface area contributed by atoms with Crippen molar-refractivity contribution < 1.29 is 23.1 Å². The second-order valence-electron chi connectivity index (χ2n) is 9.60. The van der Waals surface area contributed by atoms with Crippen molar-refractivity contribution in [2.45, 2.75) is 51.2 Å². The average Bonchev–Trinajstić information content (AvgIpc) is 3.38. The molecule has 2 atom stereocenters. The van der Waals surface area contributed by atoms with E-state index in [0.29, 0.717) is 53.3 Å². The molecule has 0 saturated carbocycles. The van der Waals surface area contributed by atoms with E-state index < -0.39 is 23.5 Å². The van der Waals surface area contributed by atoms with E-state index in [9.17, 15) is 27.9 Å². The Morgan fingerprint density at radius 2 is 1.79 bits per heavy atom. The van der Waals surface area contributed by atoms with E-state index >= 15 is 0 Å². The Morgan fingerprint density at radius 3 is 2.42 bits per heavy atom. The molecule has 3 aromatic rings. The largest absolute Gasteiger partial charge is 0.416 e. The fourth-order valence-corrected chi connectivity index (χ4v) is 5.34. The van der Waals surface area contributed by atoms with Crippen LogP contribution >= 0.6 is 11.6 Å². The van der Waals surface area contributed by atoms with Crippen LogP contribution in [0.5, 0.6) is 0 Å². The van der Waals surface area contributed by atoms with Crippen LogP contribution in [0.15, 0.2) is 53.3 Å². The number of carbonyl (C=O) groups is 1. The number of hydrogen-bond acceptors (Lipinski definition) is 5. The molecule has 0 spiro atoms. The number of benzene rings is 2. The van der Waals surface area contributed by atoms with Crippen LogP contribution in [0.4, 0.5) is 19.1 Å². The number of rotatable bonds is 4. The molecular formula is C27H26ClF3N4O3. The molecule has 1 fully saturated rings. The number of halogens is 4. The highest BCUT2D eigenvalue weighted by Gasteiger charge is 2.35. The van der Waals surface area contributed by atoms with E-state index in [1.165, 1.54) is 23.6 Å². The van der Waals surface area contributed by atoms with Crippen molar-refractivity contribution in [1.82, 2.24) is 14.5 Å². The number of anilines is 1. The molecule has 1 aromatic heterocycles. The lowest BCUT2D eigenvalue weighted by molar-refractivity contribution is -0.137. The standard InChI is InChI=1S/C27H26ClF3N4O3/c1-16(36)35-25(38)21-15-33(24(37)18-6-10-20(28)11-7-18)14-12-22(21)32-26(35)34-13-2-3-23(34)17-4-8-19(9-5-17)27(29,30)31/h4-11,16,23,36H,2-3,12-15H2,1H3. The first-order valence-electron chi connectivity index (χ1n) is 12.4. The van der Waals surface area contributed by atoms with E-state index in [1.54, 1.807) is 29.2 Å². The molecule has 1 N–H and O–H groups in total. The van der Waals surface area contributed by atoms with Gasteiger partial charge in [0.1, 0.15) is 6.23 Å². The second-order valence-corrected chi connectivity index (χ2v) is 10.0. The normalized spacial score (nSPS) is 18.4. The summed E-state index contributed by atoms with van der Waals surface area (Å²) in [6, 6.07) is 11.2. The topological polar surface area (TPSA) is 78.7 Å². The molecule has 3 heterocycles. The van der Waals surface area contributed by atoms with Crippen molar-refractivity contribution in [2.75, 3.05) is 18.0 Å². The lowest BCUT2D eigenvalue weighted by Gasteiger charge is -2.33. The van der Waals surface area contributed by atoms with Gasteiger partial charge in [-0.05, 0) is 61.7 Å². The summed E-state index contributed by atoms with van der Waals surface area (Å²) in [7, 11) is 0. The van der Waals surface area contributed by atoms with E-state index in [-0.39, 0.29) is 24.4 Å². The minimum absolute atomic E-state index is 0.0535. The lowest BCUT2D eigenvalue weighted by Crippen LogP contribution is -2.43. The molecule has 2 aliphatic heterocycles. The third-order valence-corrected chi connectivity index (χ3v) is 7.38. The van der Waals surface area contributed by atoms with Crippen molar-refractivity contribution in [3.05, 3.63) is 91.9 Å². The van der Waals surface area contributed by atoms with Crippen LogP contribution in [-0.2, 0) is 19.1 Å². The van der Waals surface area contributed by atoms with Crippen molar-refractivity contribution in [2.24, 2.45) is 0 Å². The number of amides is 1. The number of aliphatic hydroxyl groups excluding tert-OH is 1. The summed E-state index contributed by atoms with van der Waals surface area (Å²) in [6.45, 7) is 2.41. The maximum absolute atomic E-state index is 13.6. The Bertz CT molecular complexity index is 1410. The predicted octanol–water partition coefficient (Wildman–Crippen LogP) is 4.97. The molecule has 2 aromatic carbocycles. The number of hydrogen-bond donors (Lipinski definition) is 1. The number of nitrogens with zero attached hydrogens (tertiary/aromatic N) is 4. The minimum atomic E-state index is -4.43. The summed E-state index contributed by atoms with van der Waals surface area (Å²) in [5, 5.41) is 11.1. The molecule has 0 radical (unpaired) electrons. The molecule has 0 bridgehead atoms. The Morgan fingerprint density at radius 1 is 1.11 bits per heavy atom. The van der Waals surface area contributed by atoms with Crippen LogP contribution in [0.1, 0.15) is 64.8 Å². The van der Waals surface area contributed by atoms with Crippen molar-refractivity contribution in [1.29, 1.82) is 0 Å². The van der Waals surface area contributed by atoms with Gasteiger partial charge >= 0.3 is 6.18 Å². The predicted molar refractivity (Wildman–Crippen MR) is 136 cm³/mol. The molecule has 1 amide bonds. The monoisotopic (exact) mass is 546 g/mol. The first-order valence-corrected chi connectivity index (χ1v) is 12.7. The molecule has 5 rings (SSSR count). The van der Waals surface area contributed by atoms with Crippen LogP contribution in [0.2, 0.25) is 5.02 Å². The zero-order chi connectivity index (χ0) is 27.2. The van der Waals surface area contributed by atoms with Gasteiger partial charge in [-0.15, -0.1) is 0 Å². The number of aliphatic hydroxyl groups is 1. The van der Waals surface area contributed by atoms with Gasteiger partial charge in [0.05, 0.1) is 29.4 Å². The van der Waals surface area contributed by atoms with Crippen LogP contribution in [0, 0.1) is 0 Å². The molecule has 11 heteroatoms. The van der Waals surface area contributed by atoms with Gasteiger partial charge in [-0.1, -0.05) is 23.7 Å². The molecule has 0 aliphatic carbocycles. The summed E-state index contributed by atoms with van der Waals surface area (Å²) in [6.07, 6.45) is -3.85. The van der Waals surface area contributed by atoms with Gasteiger partial charge in [0.25, 0.3) is 11.5 Å². The van der Waals surface area contributed by atoms with Gasteiger partial charge < -0.3 is 14.9 Å². The molecular weight excluding hydrogens is 521 g/mol. The summed E-state index contributed by atoms with van der Waals surface area (Å²) < 4.78 is 40.4. The number of fused-ring (bicyclic) bond motifs is 1. The maximum atomic E-state index is 13.6. The summed E-state index contributed by atoms with van der Waals surface area (Å²) >= 11 is 5.93. The van der Waals surface area contributed by atoms with Crippen molar-refractivity contribution in [3.8, 4) is 0 Å². The Kier molecular flexibility index (Phi) is 6.96. The second kappa shape index (κ2) is 10.1. The SMILES string of the molecule is CC(O)n1c(N2CCCC2c2ccc(C(F)(F)F)cc2)nc2c(c1=O)CN(C(=O)c1ccc(Cl)cc1)CC2. The smallest absolute Gasteiger partial charge is 0.373 e. The van der Waals surface area contributed by atoms with Crippen LogP contribution in [0.25, 0.3) is 0 Å². The molecule has 38 heavy (non-hydrogen) atoms. The highest BCUT2D eigenvalue weighted by Crippen LogP contribution is 2.38. The summed E-state index contributed by atoms with van der Waals surface area (Å²) in [5.74, 6) is 0.0462. The van der Waals surface area contributed by atoms with Gasteiger partial charge in [0.2, 0.25) is 5.95 Å². The van der Waals surface area contributed by atoms with Gasteiger partial charge in [-0.3, -0.25) is 14.2 Å². The van der Waals surface area contributed by atoms with Gasteiger partial charge in [-0.25, -0.2) is 4.98 Å². The third-order valence-electron chi connectivity index (χ3n) is 7.13. The maximum Gasteiger partial charge on any atom is 0.416 e. The van der Waals surface area contributed by atoms with E-state index in [1.807, 2.05) is 4.90 Å². The van der Waals surface area contributed by atoms with Gasteiger partial charge in [0.15, 0.2) is 0 Å². The quantitative estimate of drug-likeness (QED) is 0.500. The van der Waals surface area contributed by atoms with Crippen molar-refractivity contribution in [3.63, 3.8) is 0 Å². The fourth-order valence-electron chi connectivity index (χ4n) is 5.21. The zero-order valence-electron chi connectivity index (χ0n) is 20.6. The zero-order valence-corrected chi connectivity index (χ0v) is 21.3. The molecule has 2 aliphatic rings. The minimum Gasteiger partial charge on any atom is -0.373 e. The molecule has 200 valence electrons. The Labute approximate surface area is 222 Å². The molecule has 2 unspecified atom stereocenters. The first kappa shape index (κ1) is 26.2. The lowest BCUT2D eigenvalue weighted by atomic mass is 10.0. The number of carbonyl (C=O) groups excluding carboxylic acids is 1. The third kappa shape index (κ3) is 4.90.